The number of halogens is 2. The van der Waals surface area contributed by atoms with Gasteiger partial charge < -0.3 is 9.84 Å². The third kappa shape index (κ3) is 3.02. The molecule has 0 bridgehead atoms. The lowest BCUT2D eigenvalue weighted by Gasteiger charge is -2.11. The third-order valence-electron chi connectivity index (χ3n) is 3.03. The molecule has 0 atom stereocenters. The van der Waals surface area contributed by atoms with Gasteiger partial charge in [-0.3, -0.25) is 0 Å². The summed E-state index contributed by atoms with van der Waals surface area (Å²) in [5, 5.41) is 10.9. The van der Waals surface area contributed by atoms with E-state index in [4.69, 9.17) is 16.3 Å². The normalized spacial score (nSPS) is 10.8. The lowest BCUT2D eigenvalue weighted by atomic mass is 10.1. The van der Waals surface area contributed by atoms with Crippen molar-refractivity contribution in [3.8, 4) is 11.6 Å². The molecular formula is C16H11BrClNO2. The Morgan fingerprint density at radius 1 is 1.14 bits per heavy atom. The molecule has 2 aromatic carbocycles. The molecule has 0 amide bonds. The van der Waals surface area contributed by atoms with Crippen LogP contribution in [0.1, 0.15) is 5.56 Å². The number of pyridine rings is 1. The maximum Gasteiger partial charge on any atom is 0.225 e. The Balaban J connectivity index is 2.06. The number of rotatable bonds is 3. The smallest absolute Gasteiger partial charge is 0.225 e. The highest BCUT2D eigenvalue weighted by molar-refractivity contribution is 9.10. The average Bonchev–Trinajstić information content (AvgIpc) is 2.49. The first-order valence-electron chi connectivity index (χ1n) is 6.30. The number of aliphatic hydroxyl groups is 1. The first-order valence-corrected chi connectivity index (χ1v) is 7.47. The van der Waals surface area contributed by atoms with Crippen molar-refractivity contribution in [2.45, 2.75) is 6.61 Å². The van der Waals surface area contributed by atoms with E-state index in [0.29, 0.717) is 22.2 Å². The molecular weight excluding hydrogens is 354 g/mol. The quantitative estimate of drug-likeness (QED) is 0.716. The van der Waals surface area contributed by atoms with Crippen molar-refractivity contribution >= 4 is 38.4 Å². The van der Waals surface area contributed by atoms with Gasteiger partial charge in [0.05, 0.1) is 17.1 Å². The maximum absolute atomic E-state index is 9.51. The van der Waals surface area contributed by atoms with E-state index >= 15 is 0 Å². The lowest BCUT2D eigenvalue weighted by molar-refractivity contribution is 0.275. The predicted octanol–water partition coefficient (Wildman–Crippen LogP) is 4.94. The predicted molar refractivity (Wildman–Crippen MR) is 86.9 cm³/mol. The number of benzene rings is 2. The van der Waals surface area contributed by atoms with Crippen LogP contribution in [0.4, 0.5) is 0 Å². The van der Waals surface area contributed by atoms with Gasteiger partial charge in [0.2, 0.25) is 5.88 Å². The van der Waals surface area contributed by atoms with Crippen molar-refractivity contribution in [3.05, 3.63) is 63.6 Å². The molecule has 0 saturated carbocycles. The number of aliphatic hydroxyl groups excluding tert-OH is 1. The molecule has 0 unspecified atom stereocenters. The van der Waals surface area contributed by atoms with Crippen LogP contribution in [0, 0.1) is 0 Å². The molecule has 0 spiro atoms. The van der Waals surface area contributed by atoms with Crippen LogP contribution in [0.15, 0.2) is 53.0 Å². The van der Waals surface area contributed by atoms with Crippen molar-refractivity contribution < 1.29 is 9.84 Å². The fraction of sp³-hybridized carbons (Fsp3) is 0.0625. The van der Waals surface area contributed by atoms with Crippen molar-refractivity contribution in [1.82, 2.24) is 4.98 Å². The van der Waals surface area contributed by atoms with Crippen LogP contribution in [0.25, 0.3) is 10.9 Å². The summed E-state index contributed by atoms with van der Waals surface area (Å²) < 4.78 is 6.64. The van der Waals surface area contributed by atoms with Gasteiger partial charge >= 0.3 is 0 Å². The first-order chi connectivity index (χ1) is 10.2. The van der Waals surface area contributed by atoms with Gasteiger partial charge in [-0.1, -0.05) is 45.7 Å². The van der Waals surface area contributed by atoms with Crippen LogP contribution in [0.3, 0.4) is 0 Å². The SMILES string of the molecule is OCc1cc2ccccc2nc1Oc1ccc(Br)cc1Cl. The number of hydrogen-bond donors (Lipinski definition) is 1. The Bertz CT molecular complexity index is 807. The molecule has 5 heteroatoms. The minimum Gasteiger partial charge on any atom is -0.437 e. The Labute approximate surface area is 135 Å². The monoisotopic (exact) mass is 363 g/mol. The fourth-order valence-electron chi connectivity index (χ4n) is 2.01. The maximum atomic E-state index is 9.51. The third-order valence-corrected chi connectivity index (χ3v) is 3.82. The van der Waals surface area contributed by atoms with Crippen LogP contribution in [-0.2, 0) is 6.61 Å². The summed E-state index contributed by atoms with van der Waals surface area (Å²) in [6.45, 7) is -0.151. The highest BCUT2D eigenvalue weighted by atomic mass is 79.9. The van der Waals surface area contributed by atoms with Gasteiger partial charge in [-0.25, -0.2) is 4.98 Å². The van der Waals surface area contributed by atoms with Crippen molar-refractivity contribution in [2.24, 2.45) is 0 Å². The highest BCUT2D eigenvalue weighted by Crippen LogP contribution is 2.33. The van der Waals surface area contributed by atoms with Crippen LogP contribution >= 0.6 is 27.5 Å². The number of fused-ring (bicyclic) bond motifs is 1. The number of hydrogen-bond acceptors (Lipinski definition) is 3. The van der Waals surface area contributed by atoms with Crippen LogP contribution < -0.4 is 4.74 Å². The van der Waals surface area contributed by atoms with E-state index in [2.05, 4.69) is 20.9 Å². The molecule has 1 aromatic heterocycles. The minimum atomic E-state index is -0.151. The second-order valence-corrected chi connectivity index (χ2v) is 5.80. The molecule has 1 N–H and O–H groups in total. The molecule has 106 valence electrons. The largest absolute Gasteiger partial charge is 0.437 e. The average molecular weight is 365 g/mol. The second kappa shape index (κ2) is 6.02. The molecule has 0 saturated heterocycles. The lowest BCUT2D eigenvalue weighted by Crippen LogP contribution is -1.96. The summed E-state index contributed by atoms with van der Waals surface area (Å²) in [5.74, 6) is 0.859. The molecule has 0 fully saturated rings. The van der Waals surface area contributed by atoms with Gasteiger partial charge in [-0.05, 0) is 30.3 Å². The van der Waals surface area contributed by atoms with E-state index in [9.17, 15) is 5.11 Å². The zero-order valence-electron chi connectivity index (χ0n) is 10.9. The van der Waals surface area contributed by atoms with Gasteiger partial charge in [-0.2, -0.15) is 0 Å². The topological polar surface area (TPSA) is 42.4 Å². The minimum absolute atomic E-state index is 0.151. The summed E-state index contributed by atoms with van der Waals surface area (Å²) in [4.78, 5) is 4.45. The molecule has 3 rings (SSSR count). The molecule has 3 nitrogen and oxygen atoms in total. The number of nitrogens with zero attached hydrogens (tertiary/aromatic N) is 1. The number of aromatic nitrogens is 1. The van der Waals surface area contributed by atoms with Gasteiger partial charge in [0, 0.05) is 15.4 Å². The van der Waals surface area contributed by atoms with Crippen LogP contribution in [0.2, 0.25) is 5.02 Å². The van der Waals surface area contributed by atoms with Crippen molar-refractivity contribution in [1.29, 1.82) is 0 Å². The standard InChI is InChI=1S/C16H11BrClNO2/c17-12-5-6-15(13(18)8-12)21-16-11(9-20)7-10-3-1-2-4-14(10)19-16/h1-8,20H,9H2. The summed E-state index contributed by atoms with van der Waals surface area (Å²) in [7, 11) is 0. The van der Waals surface area contributed by atoms with E-state index in [1.54, 1.807) is 12.1 Å². The van der Waals surface area contributed by atoms with Gasteiger partial charge in [0.25, 0.3) is 0 Å². The Morgan fingerprint density at radius 3 is 2.71 bits per heavy atom. The number of ether oxygens (including phenoxy) is 1. The summed E-state index contributed by atoms with van der Waals surface area (Å²) in [6, 6.07) is 14.9. The molecule has 3 aromatic rings. The van der Waals surface area contributed by atoms with Crippen molar-refractivity contribution in [2.75, 3.05) is 0 Å². The summed E-state index contributed by atoms with van der Waals surface area (Å²) in [5.41, 5.74) is 1.42. The van der Waals surface area contributed by atoms with Crippen molar-refractivity contribution in [3.63, 3.8) is 0 Å². The van der Waals surface area contributed by atoms with Gasteiger partial charge in [0.1, 0.15) is 5.75 Å². The van der Waals surface area contributed by atoms with E-state index < -0.39 is 0 Å². The summed E-state index contributed by atoms with van der Waals surface area (Å²) in [6.07, 6.45) is 0. The molecule has 21 heavy (non-hydrogen) atoms. The van der Waals surface area contributed by atoms with E-state index in [0.717, 1.165) is 15.4 Å². The first kappa shape index (κ1) is 14.3. The molecule has 1 heterocycles. The van der Waals surface area contributed by atoms with E-state index in [-0.39, 0.29) is 6.61 Å². The zero-order chi connectivity index (χ0) is 14.8. The highest BCUT2D eigenvalue weighted by Gasteiger charge is 2.11. The van der Waals surface area contributed by atoms with E-state index in [1.807, 2.05) is 36.4 Å². The fourth-order valence-corrected chi connectivity index (χ4v) is 2.72. The second-order valence-electron chi connectivity index (χ2n) is 4.48. The van der Waals surface area contributed by atoms with Crippen LogP contribution in [-0.4, -0.2) is 10.1 Å². The summed E-state index contributed by atoms with van der Waals surface area (Å²) >= 11 is 9.49. The van der Waals surface area contributed by atoms with Gasteiger partial charge in [0.15, 0.2) is 0 Å². The molecule has 0 radical (unpaired) electrons. The zero-order valence-corrected chi connectivity index (χ0v) is 13.2. The van der Waals surface area contributed by atoms with Crippen LogP contribution in [0.5, 0.6) is 11.6 Å². The van der Waals surface area contributed by atoms with Gasteiger partial charge in [-0.15, -0.1) is 0 Å². The van der Waals surface area contributed by atoms with E-state index in [1.165, 1.54) is 0 Å². The Kier molecular flexibility index (Phi) is 4.10. The molecule has 0 aliphatic heterocycles. The molecule has 0 aliphatic rings. The molecule has 0 aliphatic carbocycles. The number of para-hydroxylation sites is 1. The Hall–Kier alpha value is -1.62. The Morgan fingerprint density at radius 2 is 1.95 bits per heavy atom.